The van der Waals surface area contributed by atoms with Crippen molar-refractivity contribution in [3.05, 3.63) is 0 Å². The van der Waals surface area contributed by atoms with Gasteiger partial charge in [0.2, 0.25) is 0 Å². The van der Waals surface area contributed by atoms with Crippen molar-refractivity contribution in [3.8, 4) is 0 Å². The Balaban J connectivity index is 2.25. The largest absolute Gasteiger partial charge is 0.412 e. The van der Waals surface area contributed by atoms with Crippen LogP contribution in [0.4, 0.5) is 0 Å². The van der Waals surface area contributed by atoms with Crippen molar-refractivity contribution in [2.75, 3.05) is 79.2 Å². The molecule has 0 aliphatic carbocycles. The first-order chi connectivity index (χ1) is 11.3. The van der Waals surface area contributed by atoms with Crippen molar-refractivity contribution >= 4 is 29.2 Å². The van der Waals surface area contributed by atoms with E-state index in [2.05, 4.69) is 5.32 Å². The second-order valence-electron chi connectivity index (χ2n) is 4.69. The molecule has 1 N–H and O–H groups in total. The van der Waals surface area contributed by atoms with Crippen molar-refractivity contribution in [3.63, 3.8) is 0 Å². The highest BCUT2D eigenvalue weighted by molar-refractivity contribution is 8.00. The zero-order chi connectivity index (χ0) is 16.6. The van der Waals surface area contributed by atoms with Gasteiger partial charge < -0.3 is 58.6 Å². The summed E-state index contributed by atoms with van der Waals surface area (Å²) >= 11 is 9.67. The molecule has 1 unspecified atom stereocenters. The normalized spacial score (nSPS) is 24.3. The SMILES string of the molecule is S=C([S-])NCC1COCCOCCOCCOCCOCCO1. The topological polar surface area (TPSA) is 67.4 Å². The molecule has 7 nitrogen and oxygen atoms in total. The Morgan fingerprint density at radius 2 is 1.22 bits per heavy atom. The number of rotatable bonds is 2. The lowest BCUT2D eigenvalue weighted by atomic mass is 10.4. The van der Waals surface area contributed by atoms with Gasteiger partial charge in [-0.25, -0.2) is 0 Å². The van der Waals surface area contributed by atoms with E-state index in [0.29, 0.717) is 83.5 Å². The van der Waals surface area contributed by atoms with Gasteiger partial charge in [-0.1, -0.05) is 4.32 Å². The maximum Gasteiger partial charge on any atom is 0.0980 e. The Morgan fingerprint density at radius 3 is 1.70 bits per heavy atom. The van der Waals surface area contributed by atoms with Crippen LogP contribution in [0.3, 0.4) is 0 Å². The maximum atomic E-state index is 5.72. The maximum absolute atomic E-state index is 5.72. The standard InChI is InChI=1S/C14H27NO6S2/c22-14(23)15-11-13-12-20-8-7-18-4-3-16-1-2-17-5-6-19-9-10-21-13/h13H,1-12H2,(H2,15,22,23)/p-1. The molecule has 0 amide bonds. The number of hydrogen-bond acceptors (Lipinski definition) is 8. The zero-order valence-electron chi connectivity index (χ0n) is 13.3. The molecule has 0 aromatic heterocycles. The molecule has 23 heavy (non-hydrogen) atoms. The van der Waals surface area contributed by atoms with Crippen LogP contribution in [0, 0.1) is 0 Å². The summed E-state index contributed by atoms with van der Waals surface area (Å²) in [6, 6.07) is 0. The molecule has 1 saturated heterocycles. The first-order valence-electron chi connectivity index (χ1n) is 7.74. The van der Waals surface area contributed by atoms with Crippen LogP contribution in [0.25, 0.3) is 0 Å². The first kappa shape index (κ1) is 20.9. The highest BCUT2D eigenvalue weighted by Gasteiger charge is 2.09. The molecule has 1 rings (SSSR count). The lowest BCUT2D eigenvalue weighted by Gasteiger charge is -2.20. The van der Waals surface area contributed by atoms with Crippen molar-refractivity contribution in [1.29, 1.82) is 0 Å². The molecule has 0 radical (unpaired) electrons. The number of ether oxygens (including phenoxy) is 6. The van der Waals surface area contributed by atoms with E-state index in [9.17, 15) is 0 Å². The molecule has 136 valence electrons. The Labute approximate surface area is 148 Å². The van der Waals surface area contributed by atoms with Crippen molar-refractivity contribution in [2.45, 2.75) is 6.10 Å². The highest BCUT2D eigenvalue weighted by Crippen LogP contribution is 1.95. The molecule has 1 atom stereocenters. The molecule has 0 spiro atoms. The van der Waals surface area contributed by atoms with Gasteiger partial charge in [-0.05, 0) is 0 Å². The molecule has 0 saturated carbocycles. The third-order valence-corrected chi connectivity index (χ3v) is 3.14. The zero-order valence-corrected chi connectivity index (χ0v) is 15.0. The summed E-state index contributed by atoms with van der Waals surface area (Å²) in [4.78, 5) is 0. The highest BCUT2D eigenvalue weighted by atomic mass is 32.1. The van der Waals surface area contributed by atoms with Gasteiger partial charge in [0.05, 0.1) is 78.8 Å². The Bertz CT molecular complexity index is 280. The third kappa shape index (κ3) is 14.0. The molecule has 1 fully saturated rings. The lowest BCUT2D eigenvalue weighted by molar-refractivity contribution is -0.0584. The van der Waals surface area contributed by atoms with E-state index < -0.39 is 0 Å². The average molecular weight is 368 g/mol. The fourth-order valence-electron chi connectivity index (χ4n) is 1.73. The van der Waals surface area contributed by atoms with Crippen LogP contribution in [0.1, 0.15) is 0 Å². The lowest BCUT2D eigenvalue weighted by Crippen LogP contribution is -2.36. The van der Waals surface area contributed by atoms with E-state index in [1.54, 1.807) is 0 Å². The van der Waals surface area contributed by atoms with Gasteiger partial charge in [0.25, 0.3) is 0 Å². The van der Waals surface area contributed by atoms with Crippen LogP contribution < -0.4 is 5.32 Å². The summed E-state index contributed by atoms with van der Waals surface area (Å²) in [5.41, 5.74) is 0. The summed E-state index contributed by atoms with van der Waals surface area (Å²) < 4.78 is 33.2. The van der Waals surface area contributed by atoms with E-state index in [-0.39, 0.29) is 6.10 Å². The minimum absolute atomic E-state index is 0.141. The summed E-state index contributed by atoms with van der Waals surface area (Å²) in [7, 11) is 0. The van der Waals surface area contributed by atoms with Gasteiger partial charge in [-0.2, -0.15) is 0 Å². The minimum atomic E-state index is -0.141. The molecule has 0 aromatic rings. The Morgan fingerprint density at radius 1 is 0.783 bits per heavy atom. The summed E-state index contributed by atoms with van der Waals surface area (Å²) in [6.07, 6.45) is -0.141. The van der Waals surface area contributed by atoms with E-state index in [0.717, 1.165) is 0 Å². The molecule has 0 bridgehead atoms. The molecule has 1 aliphatic heterocycles. The molecule has 0 aromatic carbocycles. The predicted molar refractivity (Wildman–Crippen MR) is 91.8 cm³/mol. The molecule has 1 aliphatic rings. The van der Waals surface area contributed by atoms with E-state index >= 15 is 0 Å². The van der Waals surface area contributed by atoms with Gasteiger partial charge in [0.1, 0.15) is 0 Å². The molecular formula is C14H26NO6S2-. The van der Waals surface area contributed by atoms with Crippen LogP contribution in [-0.2, 0) is 41.0 Å². The fourth-order valence-corrected chi connectivity index (χ4v) is 1.90. The van der Waals surface area contributed by atoms with Gasteiger partial charge >= 0.3 is 0 Å². The number of hydrogen-bond donors (Lipinski definition) is 1. The minimum Gasteiger partial charge on any atom is -0.412 e. The van der Waals surface area contributed by atoms with Crippen molar-refractivity contribution in [2.24, 2.45) is 0 Å². The van der Waals surface area contributed by atoms with Crippen LogP contribution >= 0.6 is 12.2 Å². The van der Waals surface area contributed by atoms with Crippen LogP contribution in [0.15, 0.2) is 0 Å². The van der Waals surface area contributed by atoms with Gasteiger partial charge in [0, 0.05) is 6.54 Å². The van der Waals surface area contributed by atoms with E-state index in [4.69, 9.17) is 53.3 Å². The van der Waals surface area contributed by atoms with Crippen molar-refractivity contribution in [1.82, 2.24) is 5.32 Å². The smallest absolute Gasteiger partial charge is 0.0980 e. The monoisotopic (exact) mass is 368 g/mol. The average Bonchev–Trinajstić information content (AvgIpc) is 2.53. The number of thiocarbonyl (C=S) groups is 1. The van der Waals surface area contributed by atoms with Crippen LogP contribution in [0.5, 0.6) is 0 Å². The summed E-state index contributed by atoms with van der Waals surface area (Å²) in [6.45, 7) is 6.20. The third-order valence-electron chi connectivity index (χ3n) is 2.85. The van der Waals surface area contributed by atoms with Crippen LogP contribution in [-0.4, -0.2) is 89.6 Å². The second-order valence-corrected chi connectivity index (χ2v) is 5.76. The fraction of sp³-hybridized carbons (Fsp3) is 0.929. The van der Waals surface area contributed by atoms with Crippen LogP contribution in [0.2, 0.25) is 0 Å². The van der Waals surface area contributed by atoms with Gasteiger partial charge in [0.15, 0.2) is 0 Å². The number of nitrogens with one attached hydrogen (secondary N) is 1. The van der Waals surface area contributed by atoms with Gasteiger partial charge in [-0.15, -0.1) is 0 Å². The Hall–Kier alpha value is -0.130. The van der Waals surface area contributed by atoms with Gasteiger partial charge in [-0.3, -0.25) is 0 Å². The first-order valence-corrected chi connectivity index (χ1v) is 8.56. The summed E-state index contributed by atoms with van der Waals surface area (Å²) in [5, 5.41) is 2.92. The van der Waals surface area contributed by atoms with Crippen molar-refractivity contribution < 1.29 is 28.4 Å². The molecule has 1 heterocycles. The summed E-state index contributed by atoms with van der Waals surface area (Å²) in [5.74, 6) is 0. The van der Waals surface area contributed by atoms with E-state index in [1.165, 1.54) is 0 Å². The van der Waals surface area contributed by atoms with E-state index in [1.807, 2.05) is 0 Å². The Kier molecular flexibility index (Phi) is 14.0. The second kappa shape index (κ2) is 15.4. The molecular weight excluding hydrogens is 342 g/mol. The quantitative estimate of drug-likeness (QED) is 0.531. The molecule has 9 heteroatoms. The predicted octanol–water partition coefficient (Wildman–Crippen LogP) is -0.110.